The number of hydrogen-bond acceptors (Lipinski definition) is 5. The first kappa shape index (κ1) is 24.1. The van der Waals surface area contributed by atoms with Gasteiger partial charge in [-0.05, 0) is 38.1 Å². The van der Waals surface area contributed by atoms with Gasteiger partial charge in [0.05, 0.1) is 13.7 Å². The highest BCUT2D eigenvalue weighted by molar-refractivity contribution is 14.0. The van der Waals surface area contributed by atoms with Gasteiger partial charge in [0.2, 0.25) is 0 Å². The van der Waals surface area contributed by atoms with Crippen molar-refractivity contribution in [2.75, 3.05) is 26.7 Å². The van der Waals surface area contributed by atoms with Crippen LogP contribution < -0.4 is 10.6 Å². The van der Waals surface area contributed by atoms with Crippen molar-refractivity contribution >= 4 is 47.2 Å². The number of hydrogen-bond donors (Lipinski definition) is 3. The number of thiophene rings is 1. The van der Waals surface area contributed by atoms with Crippen LogP contribution in [0.15, 0.2) is 22.5 Å². The molecular weight excluding hydrogens is 453 g/mol. The average Bonchev–Trinajstić information content (AvgIpc) is 3.10. The second-order valence-electron chi connectivity index (χ2n) is 5.76. The van der Waals surface area contributed by atoms with Gasteiger partial charge in [-0.3, -0.25) is 4.79 Å². The summed E-state index contributed by atoms with van der Waals surface area (Å²) in [6.45, 7) is 5.61. The van der Waals surface area contributed by atoms with Crippen LogP contribution in [0.4, 0.5) is 0 Å². The van der Waals surface area contributed by atoms with Gasteiger partial charge in [-0.1, -0.05) is 12.5 Å². The topological polar surface area (TPSA) is 83.0 Å². The van der Waals surface area contributed by atoms with Crippen molar-refractivity contribution in [3.05, 3.63) is 22.4 Å². The lowest BCUT2D eigenvalue weighted by molar-refractivity contribution is -0.140. The molecule has 1 aromatic rings. The average molecular weight is 483 g/mol. The maximum Gasteiger partial charge on any atom is 0.305 e. The number of carbonyl (C=O) groups is 1. The van der Waals surface area contributed by atoms with Crippen LogP contribution in [0.3, 0.4) is 0 Å². The van der Waals surface area contributed by atoms with Crippen molar-refractivity contribution in [1.82, 2.24) is 10.6 Å². The number of carbonyl (C=O) groups excluding carboxylic acids is 1. The summed E-state index contributed by atoms with van der Waals surface area (Å²) in [6.07, 6.45) is 3.20. The summed E-state index contributed by atoms with van der Waals surface area (Å²) >= 11 is 1.53. The van der Waals surface area contributed by atoms with E-state index < -0.39 is 5.60 Å². The molecule has 0 fully saturated rings. The quantitative estimate of drug-likeness (QED) is 0.157. The number of halogens is 1. The van der Waals surface area contributed by atoms with Crippen LogP contribution >= 0.6 is 35.3 Å². The van der Waals surface area contributed by atoms with Crippen molar-refractivity contribution in [2.24, 2.45) is 4.99 Å². The Morgan fingerprint density at radius 3 is 2.72 bits per heavy atom. The van der Waals surface area contributed by atoms with E-state index >= 15 is 0 Å². The lowest BCUT2D eigenvalue weighted by Crippen LogP contribution is -2.39. The summed E-state index contributed by atoms with van der Waals surface area (Å²) < 4.78 is 4.61. The van der Waals surface area contributed by atoms with E-state index in [-0.39, 0.29) is 29.9 Å². The van der Waals surface area contributed by atoms with E-state index in [9.17, 15) is 9.90 Å². The monoisotopic (exact) mass is 483 g/mol. The SMILES string of the molecule is CCNC(=NCC(C)(O)c1cccs1)NCCCCCC(=O)OC.I. The molecule has 144 valence electrons. The molecule has 0 saturated heterocycles. The standard InChI is InChI=1S/C17H29N3O3S.HI/c1-4-18-16(19-11-7-5-6-10-15(21)23-3)20-13-17(2,22)14-9-8-12-24-14;/h8-9,12,22H,4-7,10-11,13H2,1-3H3,(H2,18,19,20);1H. The molecule has 3 N–H and O–H groups in total. The van der Waals surface area contributed by atoms with Gasteiger partial charge in [-0.15, -0.1) is 35.3 Å². The number of aliphatic imine (C=N–C) groups is 1. The van der Waals surface area contributed by atoms with Crippen LogP contribution in [0.1, 0.15) is 44.4 Å². The molecule has 0 spiro atoms. The Kier molecular flexibility index (Phi) is 12.9. The predicted octanol–water partition coefficient (Wildman–Crippen LogP) is 2.86. The van der Waals surface area contributed by atoms with Gasteiger partial charge in [-0.2, -0.15) is 0 Å². The number of ether oxygens (including phenoxy) is 1. The predicted molar refractivity (Wildman–Crippen MR) is 114 cm³/mol. The Bertz CT molecular complexity index is 507. The van der Waals surface area contributed by atoms with Crippen molar-refractivity contribution < 1.29 is 14.6 Å². The van der Waals surface area contributed by atoms with E-state index in [0.29, 0.717) is 18.9 Å². The molecule has 1 unspecified atom stereocenters. The largest absolute Gasteiger partial charge is 0.469 e. The van der Waals surface area contributed by atoms with Gasteiger partial charge in [0.15, 0.2) is 5.96 Å². The lowest BCUT2D eigenvalue weighted by atomic mass is 10.1. The molecule has 0 aliphatic rings. The van der Waals surface area contributed by atoms with Crippen molar-refractivity contribution in [1.29, 1.82) is 0 Å². The molecule has 1 heterocycles. The van der Waals surface area contributed by atoms with Crippen LogP contribution in [0.2, 0.25) is 0 Å². The Hall–Kier alpha value is -0.870. The highest BCUT2D eigenvalue weighted by Gasteiger charge is 2.23. The molecular formula is C17H30IN3O3S. The summed E-state index contributed by atoms with van der Waals surface area (Å²) in [5.41, 5.74) is -0.961. The van der Waals surface area contributed by atoms with Gasteiger partial charge in [0.25, 0.3) is 0 Å². The fourth-order valence-corrected chi connectivity index (χ4v) is 2.90. The highest BCUT2D eigenvalue weighted by Crippen LogP contribution is 2.25. The van der Waals surface area contributed by atoms with E-state index in [2.05, 4.69) is 20.4 Å². The molecule has 1 rings (SSSR count). The number of esters is 1. The third-order valence-corrected chi connectivity index (χ3v) is 4.64. The molecule has 8 heteroatoms. The minimum atomic E-state index is -0.961. The summed E-state index contributed by atoms with van der Waals surface area (Å²) in [7, 11) is 1.41. The van der Waals surface area contributed by atoms with Crippen LogP contribution in [-0.2, 0) is 15.1 Å². The molecule has 1 atom stereocenters. The molecule has 25 heavy (non-hydrogen) atoms. The van der Waals surface area contributed by atoms with Crippen LogP contribution in [-0.4, -0.2) is 43.8 Å². The zero-order valence-corrected chi connectivity index (χ0v) is 18.4. The summed E-state index contributed by atoms with van der Waals surface area (Å²) in [6, 6.07) is 3.85. The summed E-state index contributed by atoms with van der Waals surface area (Å²) in [4.78, 5) is 16.4. The number of unbranched alkanes of at least 4 members (excludes halogenated alkanes) is 2. The van der Waals surface area contributed by atoms with Crippen molar-refractivity contribution in [3.63, 3.8) is 0 Å². The number of rotatable bonds is 10. The first-order valence-corrected chi connectivity index (χ1v) is 9.23. The Morgan fingerprint density at radius 2 is 2.12 bits per heavy atom. The number of nitrogens with zero attached hydrogens (tertiary/aromatic N) is 1. The minimum Gasteiger partial charge on any atom is -0.469 e. The van der Waals surface area contributed by atoms with Gasteiger partial charge in [0, 0.05) is 24.4 Å². The smallest absolute Gasteiger partial charge is 0.305 e. The Balaban J connectivity index is 0.00000576. The minimum absolute atomic E-state index is 0. The summed E-state index contributed by atoms with van der Waals surface area (Å²) in [5, 5.41) is 18.9. The molecule has 0 amide bonds. The third-order valence-electron chi connectivity index (χ3n) is 3.52. The van der Waals surface area contributed by atoms with Crippen molar-refractivity contribution in [2.45, 2.75) is 45.1 Å². The first-order chi connectivity index (χ1) is 11.5. The zero-order valence-electron chi connectivity index (χ0n) is 15.2. The van der Waals surface area contributed by atoms with E-state index in [0.717, 1.165) is 37.2 Å². The second kappa shape index (κ2) is 13.3. The molecule has 0 bridgehead atoms. The number of methoxy groups -OCH3 is 1. The molecule has 6 nitrogen and oxygen atoms in total. The van der Waals surface area contributed by atoms with E-state index in [1.807, 2.05) is 24.4 Å². The van der Waals surface area contributed by atoms with Crippen LogP contribution in [0, 0.1) is 0 Å². The fourth-order valence-electron chi connectivity index (χ4n) is 2.12. The second-order valence-corrected chi connectivity index (χ2v) is 6.71. The molecule has 0 saturated carbocycles. The molecule has 0 aromatic carbocycles. The molecule has 0 radical (unpaired) electrons. The zero-order chi connectivity index (χ0) is 17.8. The van der Waals surface area contributed by atoms with Crippen molar-refractivity contribution in [3.8, 4) is 0 Å². The number of guanidine groups is 1. The van der Waals surface area contributed by atoms with Crippen LogP contribution in [0.5, 0.6) is 0 Å². The van der Waals surface area contributed by atoms with E-state index in [1.54, 1.807) is 6.92 Å². The molecule has 1 aromatic heterocycles. The van der Waals surface area contributed by atoms with E-state index in [4.69, 9.17) is 0 Å². The van der Waals surface area contributed by atoms with Gasteiger partial charge in [0.1, 0.15) is 5.60 Å². The maximum atomic E-state index is 11.0. The normalized spacial score (nSPS) is 13.5. The Morgan fingerprint density at radius 1 is 1.36 bits per heavy atom. The fraction of sp³-hybridized carbons (Fsp3) is 0.647. The number of nitrogens with one attached hydrogen (secondary N) is 2. The van der Waals surface area contributed by atoms with E-state index in [1.165, 1.54) is 18.4 Å². The third kappa shape index (κ3) is 10.0. The Labute approximate surface area is 171 Å². The lowest BCUT2D eigenvalue weighted by Gasteiger charge is -2.20. The van der Waals surface area contributed by atoms with Crippen LogP contribution in [0.25, 0.3) is 0 Å². The maximum absolute atomic E-state index is 11.0. The molecule has 0 aliphatic carbocycles. The summed E-state index contributed by atoms with van der Waals surface area (Å²) in [5.74, 6) is 0.538. The highest BCUT2D eigenvalue weighted by atomic mass is 127. The van der Waals surface area contributed by atoms with Gasteiger partial charge in [-0.25, -0.2) is 4.99 Å². The first-order valence-electron chi connectivity index (χ1n) is 8.35. The van der Waals surface area contributed by atoms with Gasteiger partial charge >= 0.3 is 5.97 Å². The van der Waals surface area contributed by atoms with Gasteiger partial charge < -0.3 is 20.5 Å². The molecule has 0 aliphatic heterocycles. The number of aliphatic hydroxyl groups is 1.